The van der Waals surface area contributed by atoms with E-state index in [4.69, 9.17) is 5.73 Å². The lowest BCUT2D eigenvalue weighted by atomic mass is 10.0. The molecule has 136 valence electrons. The van der Waals surface area contributed by atoms with Crippen LogP contribution in [-0.2, 0) is 11.3 Å². The highest BCUT2D eigenvalue weighted by Gasteiger charge is 2.30. The van der Waals surface area contributed by atoms with Gasteiger partial charge >= 0.3 is 0 Å². The summed E-state index contributed by atoms with van der Waals surface area (Å²) >= 11 is 0. The molecule has 1 aromatic rings. The number of rotatable bonds is 4. The number of nitrogens with two attached hydrogens (primary N) is 1. The standard InChI is InChI=1S/C18H27N3O.2ClH/c19-16-9-8-15(11-16)18(22)20-17-7-4-10-21(13-17)12-14-5-2-1-3-6-14;;/h1-3,5-6,15-17H,4,7-13,19H2,(H,20,22);2*1H. The van der Waals surface area contributed by atoms with Gasteiger partial charge in [-0.2, -0.15) is 0 Å². The molecule has 1 aliphatic heterocycles. The lowest BCUT2D eigenvalue weighted by Gasteiger charge is -2.33. The molecule has 2 aliphatic rings. The van der Waals surface area contributed by atoms with Crippen molar-refractivity contribution in [2.75, 3.05) is 13.1 Å². The first-order valence-electron chi connectivity index (χ1n) is 8.53. The van der Waals surface area contributed by atoms with Crippen LogP contribution in [0.25, 0.3) is 0 Å². The van der Waals surface area contributed by atoms with E-state index in [0.717, 1.165) is 51.7 Å². The number of nitrogens with zero attached hydrogens (tertiary/aromatic N) is 1. The van der Waals surface area contributed by atoms with Crippen molar-refractivity contribution in [3.05, 3.63) is 35.9 Å². The van der Waals surface area contributed by atoms with Crippen molar-refractivity contribution in [3.8, 4) is 0 Å². The molecular weight excluding hydrogens is 345 g/mol. The number of hydrogen-bond donors (Lipinski definition) is 2. The Labute approximate surface area is 157 Å². The van der Waals surface area contributed by atoms with Gasteiger partial charge in [0, 0.05) is 31.1 Å². The minimum absolute atomic E-state index is 0. The number of carbonyl (C=O) groups excluding carboxylic acids is 1. The Balaban J connectivity index is 0.00000144. The van der Waals surface area contributed by atoms with Gasteiger partial charge in [0.25, 0.3) is 0 Å². The van der Waals surface area contributed by atoms with Gasteiger partial charge in [-0.05, 0) is 44.2 Å². The predicted molar refractivity (Wildman–Crippen MR) is 103 cm³/mol. The first-order chi connectivity index (χ1) is 10.7. The number of likely N-dealkylation sites (tertiary alicyclic amines) is 1. The molecular formula is C18H29Cl2N3O. The van der Waals surface area contributed by atoms with E-state index in [2.05, 4.69) is 40.5 Å². The van der Waals surface area contributed by atoms with E-state index in [-0.39, 0.29) is 42.7 Å². The molecule has 1 amide bonds. The molecule has 1 heterocycles. The molecule has 0 radical (unpaired) electrons. The first-order valence-corrected chi connectivity index (χ1v) is 8.53. The van der Waals surface area contributed by atoms with Crippen LogP contribution in [-0.4, -0.2) is 36.0 Å². The third kappa shape index (κ3) is 5.92. The molecule has 3 atom stereocenters. The molecule has 3 N–H and O–H groups in total. The Morgan fingerprint density at radius 2 is 1.92 bits per heavy atom. The molecule has 1 aliphatic carbocycles. The van der Waals surface area contributed by atoms with Crippen molar-refractivity contribution in [1.29, 1.82) is 0 Å². The summed E-state index contributed by atoms with van der Waals surface area (Å²) in [5, 5.41) is 3.26. The molecule has 0 aromatic heterocycles. The minimum atomic E-state index is 0. The second-order valence-corrected chi connectivity index (χ2v) is 6.84. The summed E-state index contributed by atoms with van der Waals surface area (Å²) in [5.74, 6) is 0.360. The topological polar surface area (TPSA) is 58.4 Å². The Morgan fingerprint density at radius 1 is 1.17 bits per heavy atom. The van der Waals surface area contributed by atoms with Gasteiger partial charge < -0.3 is 11.1 Å². The Bertz CT molecular complexity index is 500. The third-order valence-electron chi connectivity index (χ3n) is 4.94. The fraction of sp³-hybridized carbons (Fsp3) is 0.611. The maximum Gasteiger partial charge on any atom is 0.223 e. The number of nitrogens with one attached hydrogen (secondary N) is 1. The van der Waals surface area contributed by atoms with Crippen molar-refractivity contribution in [1.82, 2.24) is 10.2 Å². The number of amides is 1. The average Bonchev–Trinajstić information content (AvgIpc) is 2.95. The zero-order chi connectivity index (χ0) is 15.4. The van der Waals surface area contributed by atoms with Gasteiger partial charge in [0.1, 0.15) is 0 Å². The van der Waals surface area contributed by atoms with E-state index in [1.807, 2.05) is 0 Å². The maximum atomic E-state index is 12.3. The highest BCUT2D eigenvalue weighted by Crippen LogP contribution is 2.24. The van der Waals surface area contributed by atoms with Crippen LogP contribution in [0.1, 0.15) is 37.7 Å². The number of carbonyl (C=O) groups is 1. The zero-order valence-electron chi connectivity index (χ0n) is 14.0. The van der Waals surface area contributed by atoms with Crippen molar-refractivity contribution in [2.45, 2.75) is 50.7 Å². The van der Waals surface area contributed by atoms with Crippen molar-refractivity contribution in [3.63, 3.8) is 0 Å². The predicted octanol–water partition coefficient (Wildman–Crippen LogP) is 2.74. The van der Waals surface area contributed by atoms with Gasteiger partial charge in [-0.1, -0.05) is 30.3 Å². The molecule has 1 saturated heterocycles. The second kappa shape index (κ2) is 10.2. The number of piperidine rings is 1. The monoisotopic (exact) mass is 373 g/mol. The average molecular weight is 374 g/mol. The van der Waals surface area contributed by atoms with Crippen LogP contribution in [0, 0.1) is 5.92 Å². The summed E-state index contributed by atoms with van der Waals surface area (Å²) in [6, 6.07) is 11.1. The second-order valence-electron chi connectivity index (χ2n) is 6.84. The van der Waals surface area contributed by atoms with E-state index in [1.54, 1.807) is 0 Å². The fourth-order valence-corrected chi connectivity index (χ4v) is 3.73. The quantitative estimate of drug-likeness (QED) is 0.852. The molecule has 2 fully saturated rings. The van der Waals surface area contributed by atoms with Crippen molar-refractivity contribution in [2.24, 2.45) is 11.7 Å². The Kier molecular flexibility index (Phi) is 9.06. The van der Waals surface area contributed by atoms with E-state index in [1.165, 1.54) is 5.56 Å². The van der Waals surface area contributed by atoms with Crippen LogP contribution in [0.5, 0.6) is 0 Å². The van der Waals surface area contributed by atoms with E-state index in [9.17, 15) is 4.79 Å². The van der Waals surface area contributed by atoms with Crippen molar-refractivity contribution >= 4 is 30.7 Å². The van der Waals surface area contributed by atoms with Crippen LogP contribution in [0.15, 0.2) is 30.3 Å². The van der Waals surface area contributed by atoms with Crippen LogP contribution >= 0.6 is 24.8 Å². The highest BCUT2D eigenvalue weighted by molar-refractivity contribution is 5.85. The number of halogens is 2. The van der Waals surface area contributed by atoms with Gasteiger partial charge in [0.15, 0.2) is 0 Å². The molecule has 1 aromatic carbocycles. The fourth-order valence-electron chi connectivity index (χ4n) is 3.73. The molecule has 24 heavy (non-hydrogen) atoms. The summed E-state index contributed by atoms with van der Waals surface area (Å²) < 4.78 is 0. The minimum Gasteiger partial charge on any atom is -0.352 e. The molecule has 0 bridgehead atoms. The normalized spacial score (nSPS) is 27.0. The highest BCUT2D eigenvalue weighted by atomic mass is 35.5. The van der Waals surface area contributed by atoms with Gasteiger partial charge in [0.2, 0.25) is 5.91 Å². The zero-order valence-corrected chi connectivity index (χ0v) is 15.7. The smallest absolute Gasteiger partial charge is 0.223 e. The van der Waals surface area contributed by atoms with E-state index >= 15 is 0 Å². The van der Waals surface area contributed by atoms with Gasteiger partial charge in [-0.25, -0.2) is 0 Å². The van der Waals surface area contributed by atoms with Crippen LogP contribution in [0.3, 0.4) is 0 Å². The summed E-state index contributed by atoms with van der Waals surface area (Å²) in [6.45, 7) is 3.05. The summed E-state index contributed by atoms with van der Waals surface area (Å²) in [4.78, 5) is 14.8. The molecule has 6 heteroatoms. The SMILES string of the molecule is Cl.Cl.NC1CCC(C(=O)NC2CCCN(Cc3ccccc3)C2)C1. The Hall–Kier alpha value is -0.810. The largest absolute Gasteiger partial charge is 0.352 e. The van der Waals surface area contributed by atoms with E-state index < -0.39 is 0 Å². The number of benzene rings is 1. The molecule has 4 nitrogen and oxygen atoms in total. The van der Waals surface area contributed by atoms with Gasteiger partial charge in [0.05, 0.1) is 0 Å². The number of hydrogen-bond acceptors (Lipinski definition) is 3. The molecule has 1 saturated carbocycles. The van der Waals surface area contributed by atoms with Gasteiger partial charge in [-0.15, -0.1) is 24.8 Å². The van der Waals surface area contributed by atoms with E-state index in [0.29, 0.717) is 6.04 Å². The first kappa shape index (κ1) is 21.2. The lowest BCUT2D eigenvalue weighted by Crippen LogP contribution is -2.48. The maximum absolute atomic E-state index is 12.3. The summed E-state index contributed by atoms with van der Waals surface area (Å²) in [7, 11) is 0. The van der Waals surface area contributed by atoms with Crippen LogP contribution < -0.4 is 11.1 Å². The third-order valence-corrected chi connectivity index (χ3v) is 4.94. The molecule has 0 spiro atoms. The summed E-state index contributed by atoms with van der Waals surface area (Å²) in [6.07, 6.45) is 5.04. The van der Waals surface area contributed by atoms with Crippen molar-refractivity contribution < 1.29 is 4.79 Å². The Morgan fingerprint density at radius 3 is 2.58 bits per heavy atom. The molecule has 3 rings (SSSR count). The van der Waals surface area contributed by atoms with Crippen LogP contribution in [0.4, 0.5) is 0 Å². The lowest BCUT2D eigenvalue weighted by molar-refractivity contribution is -0.125. The molecule has 3 unspecified atom stereocenters. The van der Waals surface area contributed by atoms with Crippen LogP contribution in [0.2, 0.25) is 0 Å². The summed E-state index contributed by atoms with van der Waals surface area (Å²) in [5.41, 5.74) is 7.26. The van der Waals surface area contributed by atoms with Gasteiger partial charge in [-0.3, -0.25) is 9.69 Å².